The number of hydrogen-bond donors (Lipinski definition) is 1. The van der Waals surface area contributed by atoms with Gasteiger partial charge in [0.15, 0.2) is 0 Å². The average Bonchev–Trinajstić information content (AvgIpc) is 2.90. The molecule has 8 heteroatoms. The Morgan fingerprint density at radius 2 is 2.12 bits per heavy atom. The molecule has 0 aromatic carbocycles. The minimum atomic E-state index is 0.313. The van der Waals surface area contributed by atoms with Crippen LogP contribution in [-0.4, -0.2) is 29.6 Å². The molecule has 3 aromatic heterocycles. The maximum absolute atomic E-state index is 5.63. The van der Waals surface area contributed by atoms with E-state index < -0.39 is 0 Å². The lowest BCUT2D eigenvalue weighted by Gasteiger charge is -2.02. The summed E-state index contributed by atoms with van der Waals surface area (Å²) in [7, 11) is 0. The molecular weight excluding hydrogens is 238 g/mol. The molecule has 0 aliphatic heterocycles. The molecule has 3 rings (SSSR count). The average molecular weight is 249 g/mol. The highest BCUT2D eigenvalue weighted by molar-refractivity contribution is 7.20. The normalized spacial score (nSPS) is 11.7. The van der Waals surface area contributed by atoms with Gasteiger partial charge in [0, 0.05) is 12.2 Å². The van der Waals surface area contributed by atoms with Crippen molar-refractivity contribution in [3.63, 3.8) is 0 Å². The lowest BCUT2D eigenvalue weighted by Crippen LogP contribution is -2.01. The number of aromatic nitrogens is 6. The molecule has 0 radical (unpaired) electrons. The molecular formula is C9H11N7S. The molecule has 0 aliphatic rings. The van der Waals surface area contributed by atoms with Gasteiger partial charge in [0.1, 0.15) is 5.69 Å². The highest BCUT2D eigenvalue weighted by atomic mass is 32.1. The zero-order valence-electron chi connectivity index (χ0n) is 9.40. The van der Waals surface area contributed by atoms with Crippen molar-refractivity contribution in [3.05, 3.63) is 12.3 Å². The first-order valence-corrected chi connectivity index (χ1v) is 6.00. The summed E-state index contributed by atoms with van der Waals surface area (Å²) in [6.45, 7) is 4.13. The van der Waals surface area contributed by atoms with Gasteiger partial charge in [-0.3, -0.25) is 4.68 Å². The first-order chi connectivity index (χ1) is 8.15. The molecule has 0 atom stereocenters. The van der Waals surface area contributed by atoms with Crippen LogP contribution in [0.15, 0.2) is 12.3 Å². The molecule has 0 fully saturated rings. The molecule has 0 unspecified atom stereocenters. The van der Waals surface area contributed by atoms with Crippen molar-refractivity contribution < 1.29 is 0 Å². The van der Waals surface area contributed by atoms with E-state index in [0.717, 1.165) is 5.69 Å². The molecule has 17 heavy (non-hydrogen) atoms. The van der Waals surface area contributed by atoms with Crippen molar-refractivity contribution >= 4 is 21.4 Å². The molecule has 3 heterocycles. The van der Waals surface area contributed by atoms with Crippen molar-refractivity contribution in [2.75, 3.05) is 5.73 Å². The summed E-state index contributed by atoms with van der Waals surface area (Å²) in [5.41, 5.74) is 6.38. The smallest absolute Gasteiger partial charge is 0.236 e. The van der Waals surface area contributed by atoms with Crippen molar-refractivity contribution in [2.24, 2.45) is 0 Å². The Balaban J connectivity index is 2.12. The Bertz CT molecular complexity index is 662. The quantitative estimate of drug-likeness (QED) is 0.737. The summed E-state index contributed by atoms with van der Waals surface area (Å²) in [4.78, 5) is 0.677. The van der Waals surface area contributed by atoms with Gasteiger partial charge in [-0.1, -0.05) is 11.3 Å². The summed E-state index contributed by atoms with van der Waals surface area (Å²) in [6, 6.07) is 2.21. The van der Waals surface area contributed by atoms with Crippen molar-refractivity contribution in [3.8, 4) is 11.5 Å². The van der Waals surface area contributed by atoms with Crippen LogP contribution in [0.1, 0.15) is 19.9 Å². The van der Waals surface area contributed by atoms with Gasteiger partial charge >= 0.3 is 0 Å². The fraction of sp³-hybridized carbons (Fsp3) is 0.333. The van der Waals surface area contributed by atoms with E-state index in [9.17, 15) is 0 Å². The molecule has 0 saturated carbocycles. The molecule has 0 bridgehead atoms. The second-order valence-corrected chi connectivity index (χ2v) is 4.92. The maximum Gasteiger partial charge on any atom is 0.236 e. The predicted octanol–water partition coefficient (Wildman–Crippen LogP) is 1.21. The van der Waals surface area contributed by atoms with E-state index in [4.69, 9.17) is 5.73 Å². The number of hydrogen-bond acceptors (Lipinski definition) is 6. The molecule has 88 valence electrons. The molecule has 7 nitrogen and oxygen atoms in total. The number of nitrogen functional groups attached to an aromatic ring is 1. The number of nitrogens with two attached hydrogens (primary N) is 1. The van der Waals surface area contributed by atoms with E-state index in [-0.39, 0.29) is 0 Å². The molecule has 2 N–H and O–H groups in total. The molecule has 0 amide bonds. The Morgan fingerprint density at radius 1 is 1.29 bits per heavy atom. The van der Waals surface area contributed by atoms with E-state index in [1.54, 1.807) is 4.52 Å². The number of anilines is 1. The van der Waals surface area contributed by atoms with Crippen molar-refractivity contribution in [1.29, 1.82) is 0 Å². The zero-order valence-corrected chi connectivity index (χ0v) is 10.2. The van der Waals surface area contributed by atoms with Gasteiger partial charge in [-0.2, -0.15) is 9.61 Å². The minimum Gasteiger partial charge on any atom is -0.374 e. The molecule has 3 aromatic rings. The third-order valence-corrected chi connectivity index (χ3v) is 3.10. The first-order valence-electron chi connectivity index (χ1n) is 5.18. The second kappa shape index (κ2) is 3.52. The van der Waals surface area contributed by atoms with Gasteiger partial charge in [-0.05, 0) is 19.9 Å². The predicted molar refractivity (Wildman–Crippen MR) is 64.7 cm³/mol. The SMILES string of the molecule is CC(C)n1ccc(-c2nnc3sc(N)nn23)n1. The van der Waals surface area contributed by atoms with Crippen LogP contribution in [0.4, 0.5) is 5.13 Å². The number of fused-ring (bicyclic) bond motifs is 1. The van der Waals surface area contributed by atoms with Crippen LogP contribution in [0.2, 0.25) is 0 Å². The summed E-state index contributed by atoms with van der Waals surface area (Å²) in [6.07, 6.45) is 1.91. The van der Waals surface area contributed by atoms with Gasteiger partial charge in [0.25, 0.3) is 0 Å². The van der Waals surface area contributed by atoms with E-state index in [1.165, 1.54) is 11.3 Å². The number of rotatable bonds is 2. The second-order valence-electron chi connectivity index (χ2n) is 3.93. The van der Waals surface area contributed by atoms with Gasteiger partial charge < -0.3 is 5.73 Å². The minimum absolute atomic E-state index is 0.313. The molecule has 0 aliphatic carbocycles. The van der Waals surface area contributed by atoms with E-state index in [2.05, 4.69) is 34.2 Å². The van der Waals surface area contributed by atoms with E-state index in [1.807, 2.05) is 16.9 Å². The Hall–Kier alpha value is -1.96. The fourth-order valence-electron chi connectivity index (χ4n) is 1.54. The van der Waals surface area contributed by atoms with Crippen LogP contribution in [0.25, 0.3) is 16.5 Å². The van der Waals surface area contributed by atoms with Crippen LogP contribution in [0.5, 0.6) is 0 Å². The van der Waals surface area contributed by atoms with E-state index >= 15 is 0 Å². The fourth-order valence-corrected chi connectivity index (χ4v) is 2.14. The van der Waals surface area contributed by atoms with E-state index in [0.29, 0.717) is 22.0 Å². The highest BCUT2D eigenvalue weighted by Gasteiger charge is 2.14. The maximum atomic E-state index is 5.63. The summed E-state index contributed by atoms with van der Waals surface area (Å²) in [5.74, 6) is 0.618. The van der Waals surface area contributed by atoms with Crippen LogP contribution >= 0.6 is 11.3 Å². The van der Waals surface area contributed by atoms with Crippen LogP contribution in [-0.2, 0) is 0 Å². The highest BCUT2D eigenvalue weighted by Crippen LogP contribution is 2.21. The first kappa shape index (κ1) is 10.2. The summed E-state index contributed by atoms with van der Waals surface area (Å²) < 4.78 is 3.49. The van der Waals surface area contributed by atoms with Gasteiger partial charge in [-0.15, -0.1) is 15.3 Å². The largest absolute Gasteiger partial charge is 0.374 e. The Morgan fingerprint density at radius 3 is 2.82 bits per heavy atom. The van der Waals surface area contributed by atoms with Crippen molar-refractivity contribution in [2.45, 2.75) is 19.9 Å². The van der Waals surface area contributed by atoms with Crippen LogP contribution in [0, 0.1) is 0 Å². The van der Waals surface area contributed by atoms with Crippen LogP contribution < -0.4 is 5.73 Å². The standard InChI is InChI=1S/C9H11N7S/c1-5(2)15-4-3-6(13-15)7-11-12-9-16(7)14-8(10)17-9/h3-5H,1-2H3,(H2,10,14). The zero-order chi connectivity index (χ0) is 12.0. The van der Waals surface area contributed by atoms with Crippen molar-refractivity contribution in [1.82, 2.24) is 29.6 Å². The number of nitrogens with zero attached hydrogens (tertiary/aromatic N) is 6. The molecule has 0 saturated heterocycles. The Labute approximate surface area is 101 Å². The Kier molecular flexibility index (Phi) is 2.11. The lowest BCUT2D eigenvalue weighted by molar-refractivity contribution is 0.533. The van der Waals surface area contributed by atoms with Gasteiger partial charge in [0.05, 0.1) is 0 Å². The third kappa shape index (κ3) is 1.57. The third-order valence-electron chi connectivity index (χ3n) is 2.37. The van der Waals surface area contributed by atoms with Crippen LogP contribution in [0.3, 0.4) is 0 Å². The van der Waals surface area contributed by atoms with Gasteiger partial charge in [0.2, 0.25) is 15.9 Å². The summed E-state index contributed by atoms with van der Waals surface area (Å²) >= 11 is 1.30. The summed E-state index contributed by atoms with van der Waals surface area (Å²) in [5, 5.41) is 17.1. The lowest BCUT2D eigenvalue weighted by atomic mass is 10.4. The topological polar surface area (TPSA) is 86.9 Å². The monoisotopic (exact) mass is 249 g/mol. The van der Waals surface area contributed by atoms with Gasteiger partial charge in [-0.25, -0.2) is 0 Å². The molecule has 0 spiro atoms.